The van der Waals surface area contributed by atoms with Gasteiger partial charge in [0, 0.05) is 32.8 Å². The van der Waals surface area contributed by atoms with Crippen molar-refractivity contribution in [3.63, 3.8) is 0 Å². The van der Waals surface area contributed by atoms with E-state index in [1.807, 2.05) is 13.8 Å². The van der Waals surface area contributed by atoms with Crippen LogP contribution in [0.3, 0.4) is 0 Å². The average molecular weight is 309 g/mol. The largest absolute Gasteiger partial charge is 0.396 e. The van der Waals surface area contributed by atoms with Crippen molar-refractivity contribution in [2.75, 3.05) is 18.5 Å². The Labute approximate surface area is 128 Å². The van der Waals surface area contributed by atoms with Crippen LogP contribution in [0.4, 0.5) is 5.95 Å². The molecule has 0 radical (unpaired) electrons. The van der Waals surface area contributed by atoms with Gasteiger partial charge in [0.25, 0.3) is 5.56 Å². The lowest BCUT2D eigenvalue weighted by Crippen LogP contribution is -2.40. The highest BCUT2D eigenvalue weighted by molar-refractivity contribution is 5.74. The second kappa shape index (κ2) is 6.35. The average Bonchev–Trinajstić information content (AvgIpc) is 2.76. The Morgan fingerprint density at radius 2 is 2.00 bits per heavy atom. The normalized spacial score (nSPS) is 11.5. The number of aliphatic hydroxyl groups is 1. The highest BCUT2D eigenvalue weighted by Gasteiger charge is 2.20. The number of fused-ring (bicyclic) bond motifs is 1. The predicted molar refractivity (Wildman–Crippen MR) is 85.5 cm³/mol. The van der Waals surface area contributed by atoms with Crippen molar-refractivity contribution in [3.05, 3.63) is 20.8 Å². The molecular weight excluding hydrogens is 286 g/mol. The fourth-order valence-electron chi connectivity index (χ4n) is 2.51. The summed E-state index contributed by atoms with van der Waals surface area (Å²) in [4.78, 5) is 29.4. The van der Waals surface area contributed by atoms with E-state index in [2.05, 4.69) is 10.3 Å². The monoisotopic (exact) mass is 309 g/mol. The summed E-state index contributed by atoms with van der Waals surface area (Å²) in [5, 5.41) is 11.9. The number of anilines is 1. The van der Waals surface area contributed by atoms with E-state index in [0.717, 1.165) is 0 Å². The van der Waals surface area contributed by atoms with Gasteiger partial charge in [-0.1, -0.05) is 0 Å². The van der Waals surface area contributed by atoms with Crippen LogP contribution >= 0.6 is 0 Å². The van der Waals surface area contributed by atoms with Gasteiger partial charge in [-0.25, -0.2) is 4.79 Å². The third kappa shape index (κ3) is 2.54. The van der Waals surface area contributed by atoms with Crippen LogP contribution in [0.2, 0.25) is 0 Å². The van der Waals surface area contributed by atoms with E-state index >= 15 is 0 Å². The molecule has 0 saturated heterocycles. The molecule has 0 bridgehead atoms. The highest BCUT2D eigenvalue weighted by atomic mass is 16.3. The second-order valence-electron chi connectivity index (χ2n) is 5.47. The molecule has 0 amide bonds. The zero-order valence-electron chi connectivity index (χ0n) is 13.5. The van der Waals surface area contributed by atoms with Crippen molar-refractivity contribution >= 4 is 17.1 Å². The SMILES string of the molecule is CCn1c(=O)c2c(nc(NCCCO)n2C)n(C(C)C)c1=O. The molecule has 22 heavy (non-hydrogen) atoms. The number of aromatic nitrogens is 4. The molecule has 8 heteroatoms. The van der Waals surface area contributed by atoms with E-state index in [1.165, 1.54) is 9.13 Å². The molecule has 0 aliphatic carbocycles. The fourth-order valence-corrected chi connectivity index (χ4v) is 2.51. The van der Waals surface area contributed by atoms with Crippen molar-refractivity contribution in [2.24, 2.45) is 7.05 Å². The summed E-state index contributed by atoms with van der Waals surface area (Å²) < 4.78 is 4.43. The van der Waals surface area contributed by atoms with Crippen LogP contribution in [-0.2, 0) is 13.6 Å². The topological polar surface area (TPSA) is 94.1 Å². The number of nitrogens with zero attached hydrogens (tertiary/aromatic N) is 4. The zero-order valence-corrected chi connectivity index (χ0v) is 13.5. The summed E-state index contributed by atoms with van der Waals surface area (Å²) >= 11 is 0. The Kier molecular flexibility index (Phi) is 4.70. The molecule has 0 aromatic carbocycles. The maximum atomic E-state index is 12.5. The molecule has 0 aliphatic rings. The Morgan fingerprint density at radius 3 is 2.55 bits per heavy atom. The van der Waals surface area contributed by atoms with Gasteiger partial charge in [-0.3, -0.25) is 13.9 Å². The minimum Gasteiger partial charge on any atom is -0.396 e. The number of hydrogen-bond donors (Lipinski definition) is 2. The second-order valence-corrected chi connectivity index (χ2v) is 5.47. The third-order valence-electron chi connectivity index (χ3n) is 3.64. The first-order chi connectivity index (χ1) is 10.4. The molecule has 2 rings (SSSR count). The number of aryl methyl sites for hydroxylation is 1. The number of aliphatic hydroxyl groups excluding tert-OH is 1. The van der Waals surface area contributed by atoms with Crippen LogP contribution < -0.4 is 16.6 Å². The van der Waals surface area contributed by atoms with Crippen molar-refractivity contribution in [1.29, 1.82) is 0 Å². The van der Waals surface area contributed by atoms with Crippen molar-refractivity contribution in [2.45, 2.75) is 39.8 Å². The number of hydrogen-bond acceptors (Lipinski definition) is 5. The molecular formula is C14H23N5O3. The summed E-state index contributed by atoms with van der Waals surface area (Å²) in [6.45, 7) is 6.49. The molecule has 0 fully saturated rings. The van der Waals surface area contributed by atoms with Gasteiger partial charge < -0.3 is 15.0 Å². The van der Waals surface area contributed by atoms with Gasteiger partial charge in [-0.2, -0.15) is 4.98 Å². The standard InChI is InChI=1S/C14H23N5O3/c1-5-18-12(21)10-11(19(9(2)3)14(18)22)16-13(17(10)4)15-7-6-8-20/h9,20H,5-8H2,1-4H3,(H,15,16). The van der Waals surface area contributed by atoms with Crippen LogP contribution in [0.15, 0.2) is 9.59 Å². The van der Waals surface area contributed by atoms with E-state index in [1.54, 1.807) is 18.5 Å². The Hall–Kier alpha value is -2.09. The molecule has 0 unspecified atom stereocenters. The van der Waals surface area contributed by atoms with Crippen molar-refractivity contribution < 1.29 is 5.11 Å². The molecule has 0 saturated carbocycles. The van der Waals surface area contributed by atoms with E-state index in [4.69, 9.17) is 5.11 Å². The van der Waals surface area contributed by atoms with Gasteiger partial charge in [0.05, 0.1) is 0 Å². The maximum Gasteiger partial charge on any atom is 0.332 e. The number of imidazole rings is 1. The summed E-state index contributed by atoms with van der Waals surface area (Å²) in [6, 6.07) is -0.103. The van der Waals surface area contributed by atoms with Crippen LogP contribution in [0.5, 0.6) is 0 Å². The molecule has 2 aromatic heterocycles. The van der Waals surface area contributed by atoms with Crippen LogP contribution in [0, 0.1) is 0 Å². The Balaban J connectivity index is 2.75. The van der Waals surface area contributed by atoms with Gasteiger partial charge in [-0.15, -0.1) is 0 Å². The van der Waals surface area contributed by atoms with Gasteiger partial charge >= 0.3 is 5.69 Å². The lowest BCUT2D eigenvalue weighted by molar-refractivity contribution is 0.292. The summed E-state index contributed by atoms with van der Waals surface area (Å²) in [6.07, 6.45) is 0.583. The van der Waals surface area contributed by atoms with E-state index in [-0.39, 0.29) is 23.9 Å². The predicted octanol–water partition coefficient (Wildman–Crippen LogP) is 0.292. The minimum absolute atomic E-state index is 0.0796. The third-order valence-corrected chi connectivity index (χ3v) is 3.64. The van der Waals surface area contributed by atoms with Gasteiger partial charge in [0.2, 0.25) is 5.95 Å². The zero-order chi connectivity index (χ0) is 16.4. The fraction of sp³-hybridized carbons (Fsp3) is 0.643. The summed E-state index contributed by atoms with van der Waals surface area (Å²) in [5.74, 6) is 0.517. The quantitative estimate of drug-likeness (QED) is 0.748. The van der Waals surface area contributed by atoms with Crippen molar-refractivity contribution in [1.82, 2.24) is 18.7 Å². The summed E-state index contributed by atoms with van der Waals surface area (Å²) in [7, 11) is 1.74. The van der Waals surface area contributed by atoms with Gasteiger partial charge in [0.15, 0.2) is 11.2 Å². The Morgan fingerprint density at radius 1 is 1.32 bits per heavy atom. The maximum absolute atomic E-state index is 12.5. The van der Waals surface area contributed by atoms with Crippen LogP contribution in [0.1, 0.15) is 33.2 Å². The number of rotatable bonds is 6. The molecule has 122 valence electrons. The van der Waals surface area contributed by atoms with E-state index < -0.39 is 0 Å². The summed E-state index contributed by atoms with van der Waals surface area (Å²) in [5.41, 5.74) is 0.130. The molecule has 0 atom stereocenters. The highest BCUT2D eigenvalue weighted by Crippen LogP contribution is 2.16. The van der Waals surface area contributed by atoms with Crippen LogP contribution in [-0.4, -0.2) is 36.9 Å². The first-order valence-corrected chi connectivity index (χ1v) is 7.50. The number of nitrogens with one attached hydrogen (secondary N) is 1. The molecule has 8 nitrogen and oxygen atoms in total. The molecule has 2 N–H and O–H groups in total. The molecule has 0 aliphatic heterocycles. The van der Waals surface area contributed by atoms with Crippen LogP contribution in [0.25, 0.3) is 11.2 Å². The minimum atomic E-state index is -0.338. The van der Waals surface area contributed by atoms with Crippen molar-refractivity contribution in [3.8, 4) is 0 Å². The first kappa shape index (κ1) is 16.3. The first-order valence-electron chi connectivity index (χ1n) is 7.50. The molecule has 2 aromatic rings. The Bertz CT molecular complexity index is 784. The van der Waals surface area contributed by atoms with Gasteiger partial charge in [-0.05, 0) is 27.2 Å². The molecule has 0 spiro atoms. The smallest absolute Gasteiger partial charge is 0.332 e. The lowest BCUT2D eigenvalue weighted by Gasteiger charge is -2.13. The lowest BCUT2D eigenvalue weighted by atomic mass is 10.3. The van der Waals surface area contributed by atoms with Gasteiger partial charge in [0.1, 0.15) is 0 Å². The van der Waals surface area contributed by atoms with E-state index in [9.17, 15) is 9.59 Å². The van der Waals surface area contributed by atoms with E-state index in [0.29, 0.717) is 36.6 Å². The molecule has 2 heterocycles.